The summed E-state index contributed by atoms with van der Waals surface area (Å²) in [5.74, 6) is 0. The summed E-state index contributed by atoms with van der Waals surface area (Å²) < 4.78 is 0. The summed E-state index contributed by atoms with van der Waals surface area (Å²) in [6.07, 6.45) is 2.27. The maximum absolute atomic E-state index is 12.5. The van der Waals surface area contributed by atoms with E-state index in [0.717, 1.165) is 78.3 Å². The number of carbonyl (C=O) groups excluding carboxylic acids is 2. The molecule has 3 fully saturated rings. The summed E-state index contributed by atoms with van der Waals surface area (Å²) in [6.45, 7) is 12.9. The van der Waals surface area contributed by atoms with Gasteiger partial charge in [0.05, 0.1) is 0 Å². The molecular weight excluding hydrogens is 306 g/mol. The molecule has 7 heteroatoms. The van der Waals surface area contributed by atoms with Crippen LogP contribution in [0.25, 0.3) is 0 Å². The first-order valence-electron chi connectivity index (χ1n) is 9.38. The summed E-state index contributed by atoms with van der Waals surface area (Å²) in [6, 6.07) is 0.618. The fraction of sp³-hybridized carbons (Fsp3) is 0.882. The lowest BCUT2D eigenvalue weighted by atomic mass is 10.2. The number of hydrogen-bond donors (Lipinski definition) is 0. The third kappa shape index (κ3) is 3.77. The highest BCUT2D eigenvalue weighted by Gasteiger charge is 2.30. The number of rotatable bonds is 4. The number of amides is 4. The number of likely N-dealkylation sites (tertiary alicyclic amines) is 2. The van der Waals surface area contributed by atoms with E-state index in [4.69, 9.17) is 0 Å². The van der Waals surface area contributed by atoms with E-state index < -0.39 is 0 Å². The van der Waals surface area contributed by atoms with Crippen molar-refractivity contribution in [2.75, 3.05) is 65.4 Å². The van der Waals surface area contributed by atoms with Gasteiger partial charge in [-0.25, -0.2) is 9.59 Å². The molecule has 3 heterocycles. The van der Waals surface area contributed by atoms with Gasteiger partial charge in [-0.05, 0) is 26.7 Å². The van der Waals surface area contributed by atoms with Crippen molar-refractivity contribution >= 4 is 12.1 Å². The average Bonchev–Trinajstić information content (AvgIpc) is 2.44. The minimum atomic E-state index is 0.183. The molecule has 0 aromatic carbocycles. The summed E-state index contributed by atoms with van der Waals surface area (Å²) in [7, 11) is 0. The number of piperazine rings is 1. The zero-order chi connectivity index (χ0) is 17.1. The highest BCUT2D eigenvalue weighted by atomic mass is 16.2. The fourth-order valence-electron chi connectivity index (χ4n) is 3.38. The Balaban J connectivity index is 1.41. The lowest BCUT2D eigenvalue weighted by molar-refractivity contribution is 0.0848. The van der Waals surface area contributed by atoms with Gasteiger partial charge in [0.15, 0.2) is 0 Å². The van der Waals surface area contributed by atoms with Gasteiger partial charge in [0.1, 0.15) is 0 Å². The Bertz CT molecular complexity index is 454. The standard InChI is InChI=1S/C17H31N5O2/c1-15(2)22(17(24)20-7-4-8-20)14-11-18-9-12-21(13-10-18)16(23)19-5-3-6-19/h15H,3-14H2,1-2H3. The molecule has 0 saturated carbocycles. The molecule has 0 aliphatic carbocycles. The Labute approximate surface area is 145 Å². The van der Waals surface area contributed by atoms with Crippen LogP contribution in [0.1, 0.15) is 26.7 Å². The van der Waals surface area contributed by atoms with Crippen LogP contribution in [0.5, 0.6) is 0 Å². The van der Waals surface area contributed by atoms with Gasteiger partial charge >= 0.3 is 12.1 Å². The van der Waals surface area contributed by atoms with Gasteiger partial charge in [0, 0.05) is 71.5 Å². The molecule has 0 atom stereocenters. The van der Waals surface area contributed by atoms with Gasteiger partial charge in [0.2, 0.25) is 0 Å². The van der Waals surface area contributed by atoms with Crippen molar-refractivity contribution < 1.29 is 9.59 Å². The maximum Gasteiger partial charge on any atom is 0.320 e. The third-order valence-electron chi connectivity index (χ3n) is 5.42. The minimum absolute atomic E-state index is 0.183. The molecule has 7 nitrogen and oxygen atoms in total. The van der Waals surface area contributed by atoms with Crippen LogP contribution < -0.4 is 0 Å². The molecule has 24 heavy (non-hydrogen) atoms. The second-order valence-electron chi connectivity index (χ2n) is 7.36. The Morgan fingerprint density at radius 2 is 1.38 bits per heavy atom. The summed E-state index contributed by atoms with van der Waals surface area (Å²) in [4.78, 5) is 34.9. The number of carbonyl (C=O) groups is 2. The van der Waals surface area contributed by atoms with Crippen LogP contribution in [0.4, 0.5) is 9.59 Å². The van der Waals surface area contributed by atoms with Crippen LogP contribution in [-0.2, 0) is 0 Å². The zero-order valence-electron chi connectivity index (χ0n) is 15.1. The van der Waals surface area contributed by atoms with Gasteiger partial charge in [-0.3, -0.25) is 4.90 Å². The first-order valence-corrected chi connectivity index (χ1v) is 9.38. The first kappa shape index (κ1) is 17.3. The van der Waals surface area contributed by atoms with Gasteiger partial charge in [-0.2, -0.15) is 0 Å². The monoisotopic (exact) mass is 337 g/mol. The Morgan fingerprint density at radius 3 is 1.83 bits per heavy atom. The zero-order valence-corrected chi connectivity index (χ0v) is 15.1. The predicted molar refractivity (Wildman–Crippen MR) is 93.0 cm³/mol. The highest BCUT2D eigenvalue weighted by molar-refractivity contribution is 5.76. The van der Waals surface area contributed by atoms with Crippen molar-refractivity contribution in [1.29, 1.82) is 0 Å². The molecule has 0 spiro atoms. The lowest BCUT2D eigenvalue weighted by Crippen LogP contribution is -2.57. The van der Waals surface area contributed by atoms with Gasteiger partial charge in [0.25, 0.3) is 0 Å². The first-order chi connectivity index (χ1) is 11.6. The van der Waals surface area contributed by atoms with E-state index in [1.54, 1.807) is 0 Å². The van der Waals surface area contributed by atoms with Gasteiger partial charge in [-0.15, -0.1) is 0 Å². The van der Waals surface area contributed by atoms with E-state index in [1.165, 1.54) is 0 Å². The van der Waals surface area contributed by atoms with Crippen molar-refractivity contribution in [3.63, 3.8) is 0 Å². The number of urea groups is 2. The summed E-state index contributed by atoms with van der Waals surface area (Å²) in [5.41, 5.74) is 0. The van der Waals surface area contributed by atoms with E-state index in [0.29, 0.717) is 0 Å². The highest BCUT2D eigenvalue weighted by Crippen LogP contribution is 2.14. The summed E-state index contributed by atoms with van der Waals surface area (Å²) in [5, 5.41) is 0. The molecule has 4 amide bonds. The topological polar surface area (TPSA) is 50.3 Å². The van der Waals surface area contributed by atoms with Crippen LogP contribution >= 0.6 is 0 Å². The second-order valence-corrected chi connectivity index (χ2v) is 7.36. The molecule has 3 saturated heterocycles. The van der Waals surface area contributed by atoms with E-state index in [9.17, 15) is 9.59 Å². The fourth-order valence-corrected chi connectivity index (χ4v) is 3.38. The normalized spacial score (nSPS) is 21.5. The lowest BCUT2D eigenvalue weighted by Gasteiger charge is -2.41. The molecule has 0 bridgehead atoms. The molecule has 0 aromatic heterocycles. The predicted octanol–water partition coefficient (Wildman–Crippen LogP) is 0.966. The molecular formula is C17H31N5O2. The minimum Gasteiger partial charge on any atom is -0.325 e. The number of nitrogens with zero attached hydrogens (tertiary/aromatic N) is 5. The Kier molecular flexibility index (Phi) is 5.48. The molecule has 136 valence electrons. The van der Waals surface area contributed by atoms with Crippen molar-refractivity contribution in [3.05, 3.63) is 0 Å². The molecule has 0 radical (unpaired) electrons. The average molecular weight is 337 g/mol. The number of hydrogen-bond acceptors (Lipinski definition) is 3. The largest absolute Gasteiger partial charge is 0.325 e. The summed E-state index contributed by atoms with van der Waals surface area (Å²) >= 11 is 0. The molecule has 0 aromatic rings. The molecule has 3 aliphatic rings. The van der Waals surface area contributed by atoms with Crippen molar-refractivity contribution in [2.45, 2.75) is 32.7 Å². The van der Waals surface area contributed by atoms with Gasteiger partial charge < -0.3 is 19.6 Å². The third-order valence-corrected chi connectivity index (χ3v) is 5.42. The van der Waals surface area contributed by atoms with Crippen molar-refractivity contribution in [3.8, 4) is 0 Å². The van der Waals surface area contributed by atoms with E-state index >= 15 is 0 Å². The SMILES string of the molecule is CC(C)N(CCN1CCN(C(=O)N2CCC2)CC1)C(=O)N1CCC1. The quantitative estimate of drug-likeness (QED) is 0.768. The van der Waals surface area contributed by atoms with Crippen LogP contribution in [0.15, 0.2) is 0 Å². The molecule has 3 aliphatic heterocycles. The molecule has 3 rings (SSSR count). The van der Waals surface area contributed by atoms with Crippen LogP contribution in [0.3, 0.4) is 0 Å². The van der Waals surface area contributed by atoms with Crippen molar-refractivity contribution in [1.82, 2.24) is 24.5 Å². The van der Waals surface area contributed by atoms with E-state index in [2.05, 4.69) is 18.7 Å². The Hall–Kier alpha value is -1.50. The van der Waals surface area contributed by atoms with Crippen LogP contribution in [0.2, 0.25) is 0 Å². The van der Waals surface area contributed by atoms with Crippen LogP contribution in [-0.4, -0.2) is 108 Å². The molecule has 0 N–H and O–H groups in total. The van der Waals surface area contributed by atoms with Crippen LogP contribution in [0, 0.1) is 0 Å². The maximum atomic E-state index is 12.5. The smallest absolute Gasteiger partial charge is 0.320 e. The van der Waals surface area contributed by atoms with E-state index in [1.807, 2.05) is 19.6 Å². The van der Waals surface area contributed by atoms with E-state index in [-0.39, 0.29) is 18.1 Å². The van der Waals surface area contributed by atoms with Crippen molar-refractivity contribution in [2.24, 2.45) is 0 Å². The molecule has 0 unspecified atom stereocenters. The Morgan fingerprint density at radius 1 is 0.833 bits per heavy atom. The van der Waals surface area contributed by atoms with Gasteiger partial charge in [-0.1, -0.05) is 0 Å². The second kappa shape index (κ2) is 7.59.